The molecule has 1 aliphatic rings. The summed E-state index contributed by atoms with van der Waals surface area (Å²) in [6, 6.07) is 3.91. The maximum Gasteiger partial charge on any atom is 0.418 e. The van der Waals surface area contributed by atoms with E-state index in [2.05, 4.69) is 4.98 Å². The number of fused-ring (bicyclic) bond motifs is 2. The molecule has 2 heterocycles. The summed E-state index contributed by atoms with van der Waals surface area (Å²) in [5, 5.41) is 8.44. The Morgan fingerprint density at radius 1 is 1.15 bits per heavy atom. The number of aromatic nitrogens is 2. The molecule has 0 fully saturated rings. The van der Waals surface area contributed by atoms with E-state index < -0.39 is 11.7 Å². The van der Waals surface area contributed by atoms with Crippen molar-refractivity contribution in [2.75, 3.05) is 0 Å². The van der Waals surface area contributed by atoms with Crippen LogP contribution in [0.3, 0.4) is 0 Å². The Bertz CT molecular complexity index is 716. The third-order valence-corrected chi connectivity index (χ3v) is 3.70. The predicted molar refractivity (Wildman–Crippen MR) is 68.1 cm³/mol. The number of nitrogens with one attached hydrogen (secondary N) is 1. The number of nitrogens with zero attached hydrogens (tertiary/aromatic N) is 2. The normalized spacial score (nSPS) is 15.9. The summed E-state index contributed by atoms with van der Waals surface area (Å²) in [5.41, 5.74) is -0.715. The molecule has 3 nitrogen and oxygen atoms in total. The van der Waals surface area contributed by atoms with Gasteiger partial charge in [-0.3, -0.25) is 5.41 Å². The number of aryl methyl sites for hydroxylation is 1. The monoisotopic (exact) mass is 281 g/mol. The van der Waals surface area contributed by atoms with Gasteiger partial charge in [0.25, 0.3) is 0 Å². The van der Waals surface area contributed by atoms with Crippen molar-refractivity contribution in [2.45, 2.75) is 38.4 Å². The number of para-hydroxylation sites is 1. The first-order valence-electron chi connectivity index (χ1n) is 6.63. The van der Waals surface area contributed by atoms with Crippen LogP contribution in [0.4, 0.5) is 13.2 Å². The summed E-state index contributed by atoms with van der Waals surface area (Å²) in [6.07, 6.45) is -0.941. The van der Waals surface area contributed by atoms with Gasteiger partial charge in [0.05, 0.1) is 11.1 Å². The quantitative estimate of drug-likeness (QED) is 0.791. The molecule has 0 aliphatic carbocycles. The molecule has 0 spiro atoms. The smallest absolute Gasteiger partial charge is 0.314 e. The molecule has 2 aromatic rings. The number of alkyl halides is 3. The number of benzene rings is 1. The number of halogens is 3. The second-order valence-electron chi connectivity index (χ2n) is 5.04. The van der Waals surface area contributed by atoms with Gasteiger partial charge < -0.3 is 4.57 Å². The predicted octanol–water partition coefficient (Wildman–Crippen LogP) is 3.26. The molecular weight excluding hydrogens is 267 g/mol. The zero-order valence-electron chi connectivity index (χ0n) is 10.8. The van der Waals surface area contributed by atoms with Crippen LogP contribution in [0.15, 0.2) is 18.2 Å². The van der Waals surface area contributed by atoms with Crippen LogP contribution >= 0.6 is 0 Å². The van der Waals surface area contributed by atoms with Gasteiger partial charge in [-0.05, 0) is 25.0 Å². The van der Waals surface area contributed by atoms with Gasteiger partial charge in [-0.1, -0.05) is 12.5 Å². The van der Waals surface area contributed by atoms with E-state index in [0.29, 0.717) is 18.8 Å². The van der Waals surface area contributed by atoms with Gasteiger partial charge in [-0.15, -0.1) is 0 Å². The molecule has 20 heavy (non-hydrogen) atoms. The minimum Gasteiger partial charge on any atom is -0.314 e. The zero-order valence-corrected chi connectivity index (χ0v) is 10.8. The molecule has 0 bridgehead atoms. The fraction of sp³-hybridized carbons (Fsp3) is 0.429. The molecule has 0 unspecified atom stereocenters. The third kappa shape index (κ3) is 2.09. The fourth-order valence-electron chi connectivity index (χ4n) is 2.71. The number of hydrogen-bond donors (Lipinski definition) is 1. The second kappa shape index (κ2) is 4.61. The summed E-state index contributed by atoms with van der Waals surface area (Å²) >= 11 is 0. The minimum atomic E-state index is -4.44. The van der Waals surface area contributed by atoms with E-state index in [1.165, 1.54) is 12.1 Å². The van der Waals surface area contributed by atoms with Gasteiger partial charge in [-0.2, -0.15) is 13.2 Å². The SMILES string of the molecule is N=c1c2cccc(C(F)(F)F)c2nc2n1CCCCC2. The Kier molecular flexibility index (Phi) is 3.03. The van der Waals surface area contributed by atoms with E-state index in [9.17, 15) is 13.2 Å². The highest BCUT2D eigenvalue weighted by molar-refractivity contribution is 5.81. The second-order valence-corrected chi connectivity index (χ2v) is 5.04. The largest absolute Gasteiger partial charge is 0.418 e. The molecule has 3 rings (SSSR count). The van der Waals surface area contributed by atoms with Crippen molar-refractivity contribution in [3.63, 3.8) is 0 Å². The molecule has 0 radical (unpaired) electrons. The Labute approximate surface area is 113 Å². The summed E-state index contributed by atoms with van der Waals surface area (Å²) < 4.78 is 40.9. The van der Waals surface area contributed by atoms with Crippen LogP contribution in [0.2, 0.25) is 0 Å². The highest BCUT2D eigenvalue weighted by atomic mass is 19.4. The van der Waals surface area contributed by atoms with E-state index in [-0.39, 0.29) is 16.4 Å². The molecule has 1 aromatic carbocycles. The van der Waals surface area contributed by atoms with Gasteiger partial charge in [-0.25, -0.2) is 4.98 Å². The average Bonchev–Trinajstić information content (AvgIpc) is 2.63. The molecule has 0 amide bonds. The lowest BCUT2D eigenvalue weighted by Crippen LogP contribution is -2.25. The van der Waals surface area contributed by atoms with Crippen molar-refractivity contribution in [3.05, 3.63) is 35.1 Å². The lowest BCUT2D eigenvalue weighted by atomic mass is 10.1. The summed E-state index contributed by atoms with van der Waals surface area (Å²) in [5.74, 6) is 0.594. The minimum absolute atomic E-state index is 0.0989. The average molecular weight is 281 g/mol. The van der Waals surface area contributed by atoms with Gasteiger partial charge >= 0.3 is 6.18 Å². The maximum absolute atomic E-state index is 13.1. The lowest BCUT2D eigenvalue weighted by Gasteiger charge is -2.15. The van der Waals surface area contributed by atoms with Crippen molar-refractivity contribution in [1.29, 1.82) is 5.41 Å². The molecule has 1 aliphatic heterocycles. The highest BCUT2D eigenvalue weighted by Crippen LogP contribution is 2.33. The van der Waals surface area contributed by atoms with Crippen LogP contribution in [-0.2, 0) is 19.1 Å². The standard InChI is InChI=1S/C14H14F3N3/c15-14(16,17)10-6-4-5-9-12(10)19-11-7-2-1-3-8-20(11)13(9)18/h4-6,18H,1-3,7-8H2. The van der Waals surface area contributed by atoms with E-state index in [0.717, 1.165) is 25.3 Å². The Hall–Kier alpha value is -1.85. The van der Waals surface area contributed by atoms with Crippen molar-refractivity contribution >= 4 is 10.9 Å². The lowest BCUT2D eigenvalue weighted by molar-refractivity contribution is -0.136. The molecule has 0 atom stereocenters. The first-order valence-corrected chi connectivity index (χ1v) is 6.63. The summed E-state index contributed by atoms with van der Waals surface area (Å²) in [4.78, 5) is 4.23. The van der Waals surface area contributed by atoms with Gasteiger partial charge in [0, 0.05) is 18.4 Å². The molecule has 106 valence electrons. The first-order chi connectivity index (χ1) is 9.48. The van der Waals surface area contributed by atoms with E-state index in [4.69, 9.17) is 5.41 Å². The van der Waals surface area contributed by atoms with E-state index in [1.807, 2.05) is 0 Å². The van der Waals surface area contributed by atoms with Crippen LogP contribution in [-0.4, -0.2) is 9.55 Å². The molecule has 0 saturated heterocycles. The third-order valence-electron chi connectivity index (χ3n) is 3.70. The molecule has 1 N–H and O–H groups in total. The molecule has 6 heteroatoms. The van der Waals surface area contributed by atoms with Crippen molar-refractivity contribution < 1.29 is 13.2 Å². The maximum atomic E-state index is 13.1. The van der Waals surface area contributed by atoms with Gasteiger partial charge in [0.2, 0.25) is 0 Å². The van der Waals surface area contributed by atoms with Crippen molar-refractivity contribution in [2.24, 2.45) is 0 Å². The van der Waals surface area contributed by atoms with Crippen molar-refractivity contribution in [3.8, 4) is 0 Å². The van der Waals surface area contributed by atoms with Crippen LogP contribution in [0.5, 0.6) is 0 Å². The molecular formula is C14H14F3N3. The Morgan fingerprint density at radius 3 is 2.70 bits per heavy atom. The fourth-order valence-corrected chi connectivity index (χ4v) is 2.71. The van der Waals surface area contributed by atoms with E-state index in [1.54, 1.807) is 4.57 Å². The Balaban J connectivity index is 2.36. The number of rotatable bonds is 0. The van der Waals surface area contributed by atoms with Crippen LogP contribution in [0.25, 0.3) is 10.9 Å². The summed E-state index contributed by atoms with van der Waals surface area (Å²) in [6.45, 7) is 0.660. The van der Waals surface area contributed by atoms with E-state index >= 15 is 0 Å². The van der Waals surface area contributed by atoms with Crippen LogP contribution in [0, 0.1) is 5.41 Å². The summed E-state index contributed by atoms with van der Waals surface area (Å²) in [7, 11) is 0. The highest BCUT2D eigenvalue weighted by Gasteiger charge is 2.33. The topological polar surface area (TPSA) is 41.7 Å². The van der Waals surface area contributed by atoms with Crippen LogP contribution in [0.1, 0.15) is 30.7 Å². The van der Waals surface area contributed by atoms with Gasteiger partial charge in [0.15, 0.2) is 0 Å². The molecule has 0 saturated carbocycles. The molecule has 1 aromatic heterocycles. The number of hydrogen-bond acceptors (Lipinski definition) is 2. The zero-order chi connectivity index (χ0) is 14.3. The van der Waals surface area contributed by atoms with Crippen molar-refractivity contribution in [1.82, 2.24) is 9.55 Å². The first kappa shape index (κ1) is 13.1. The van der Waals surface area contributed by atoms with Crippen LogP contribution < -0.4 is 5.49 Å². The Morgan fingerprint density at radius 2 is 1.95 bits per heavy atom. The van der Waals surface area contributed by atoms with Gasteiger partial charge in [0.1, 0.15) is 11.3 Å².